The van der Waals surface area contributed by atoms with Crippen LogP contribution in [0.15, 0.2) is 11.6 Å². The fourth-order valence-corrected chi connectivity index (χ4v) is 2.44. The van der Waals surface area contributed by atoms with Crippen LogP contribution < -0.4 is 0 Å². The zero-order valence-corrected chi connectivity index (χ0v) is 8.61. The van der Waals surface area contributed by atoms with Gasteiger partial charge in [0.2, 0.25) is 5.91 Å². The molecular formula is C11H15NO3. The van der Waals surface area contributed by atoms with Gasteiger partial charge in [0.05, 0.1) is 12.5 Å². The number of piperidine rings is 1. The summed E-state index contributed by atoms with van der Waals surface area (Å²) in [6, 6.07) is 0.200. The minimum atomic E-state index is -0.829. The Morgan fingerprint density at radius 1 is 1.53 bits per heavy atom. The average Bonchev–Trinajstić information content (AvgIpc) is 2.54. The Morgan fingerprint density at radius 2 is 2.33 bits per heavy atom. The predicted molar refractivity (Wildman–Crippen MR) is 54.3 cm³/mol. The molecule has 2 aliphatic heterocycles. The lowest BCUT2D eigenvalue weighted by Crippen LogP contribution is -2.37. The van der Waals surface area contributed by atoms with Crippen LogP contribution in [0.4, 0.5) is 0 Å². The smallest absolute Gasteiger partial charge is 0.307 e. The molecule has 1 unspecified atom stereocenters. The van der Waals surface area contributed by atoms with Crippen LogP contribution in [0.25, 0.3) is 0 Å². The number of fused-ring (bicyclic) bond motifs is 1. The molecule has 15 heavy (non-hydrogen) atoms. The Labute approximate surface area is 88.6 Å². The van der Waals surface area contributed by atoms with Gasteiger partial charge in [0.15, 0.2) is 0 Å². The highest BCUT2D eigenvalue weighted by atomic mass is 16.4. The summed E-state index contributed by atoms with van der Waals surface area (Å²) in [5.74, 6) is -0.666. The summed E-state index contributed by atoms with van der Waals surface area (Å²) in [4.78, 5) is 24.0. The van der Waals surface area contributed by atoms with E-state index < -0.39 is 5.97 Å². The minimum absolute atomic E-state index is 0.0347. The van der Waals surface area contributed by atoms with Crippen molar-refractivity contribution in [3.05, 3.63) is 11.6 Å². The minimum Gasteiger partial charge on any atom is -0.481 e. The van der Waals surface area contributed by atoms with Crippen LogP contribution in [0.5, 0.6) is 0 Å². The van der Waals surface area contributed by atoms with Gasteiger partial charge < -0.3 is 10.0 Å². The largest absolute Gasteiger partial charge is 0.481 e. The van der Waals surface area contributed by atoms with E-state index in [9.17, 15) is 9.59 Å². The van der Waals surface area contributed by atoms with E-state index in [0.717, 1.165) is 31.4 Å². The van der Waals surface area contributed by atoms with Crippen molar-refractivity contribution in [2.75, 3.05) is 6.54 Å². The van der Waals surface area contributed by atoms with E-state index in [1.807, 2.05) is 4.90 Å². The number of rotatable bonds is 2. The van der Waals surface area contributed by atoms with Gasteiger partial charge in [-0.05, 0) is 24.8 Å². The van der Waals surface area contributed by atoms with Crippen LogP contribution in [0.2, 0.25) is 0 Å². The van der Waals surface area contributed by atoms with Crippen molar-refractivity contribution >= 4 is 11.9 Å². The first kappa shape index (κ1) is 10.2. The molecule has 82 valence electrons. The van der Waals surface area contributed by atoms with E-state index in [-0.39, 0.29) is 18.4 Å². The maximum atomic E-state index is 11.6. The number of carboxylic acid groups (broad SMARTS) is 1. The number of hydrogen-bond acceptors (Lipinski definition) is 2. The van der Waals surface area contributed by atoms with Crippen molar-refractivity contribution in [2.45, 2.75) is 38.1 Å². The molecule has 0 spiro atoms. The maximum Gasteiger partial charge on any atom is 0.307 e. The molecule has 2 fully saturated rings. The molecule has 0 saturated carbocycles. The second-order valence-corrected chi connectivity index (χ2v) is 4.15. The zero-order valence-electron chi connectivity index (χ0n) is 8.61. The summed E-state index contributed by atoms with van der Waals surface area (Å²) in [6.07, 6.45) is 5.39. The molecule has 0 radical (unpaired) electrons. The van der Waals surface area contributed by atoms with E-state index >= 15 is 0 Å². The summed E-state index contributed by atoms with van der Waals surface area (Å²) in [5.41, 5.74) is 1.02. The summed E-state index contributed by atoms with van der Waals surface area (Å²) in [5, 5.41) is 8.59. The van der Waals surface area contributed by atoms with Gasteiger partial charge >= 0.3 is 5.97 Å². The van der Waals surface area contributed by atoms with Crippen molar-refractivity contribution in [3.63, 3.8) is 0 Å². The van der Waals surface area contributed by atoms with E-state index in [2.05, 4.69) is 0 Å². The highest BCUT2D eigenvalue weighted by Crippen LogP contribution is 2.32. The van der Waals surface area contributed by atoms with Crippen LogP contribution in [0.3, 0.4) is 0 Å². The van der Waals surface area contributed by atoms with Crippen molar-refractivity contribution in [2.24, 2.45) is 0 Å². The second-order valence-electron chi connectivity index (χ2n) is 4.15. The predicted octanol–water partition coefficient (Wildman–Crippen LogP) is 1.17. The number of nitrogens with zero attached hydrogens (tertiary/aromatic N) is 1. The van der Waals surface area contributed by atoms with Gasteiger partial charge in [-0.3, -0.25) is 9.59 Å². The third kappa shape index (κ3) is 2.03. The first-order valence-electron chi connectivity index (χ1n) is 5.38. The number of amides is 1. The zero-order chi connectivity index (χ0) is 10.8. The normalized spacial score (nSPS) is 28.3. The van der Waals surface area contributed by atoms with Crippen molar-refractivity contribution in [1.29, 1.82) is 0 Å². The van der Waals surface area contributed by atoms with Crippen LogP contribution in [-0.2, 0) is 9.59 Å². The van der Waals surface area contributed by atoms with Crippen LogP contribution in [0, 0.1) is 0 Å². The Hall–Kier alpha value is -1.32. The molecule has 2 aliphatic rings. The highest BCUT2D eigenvalue weighted by Gasteiger charge is 2.36. The van der Waals surface area contributed by atoms with Gasteiger partial charge in [-0.1, -0.05) is 6.08 Å². The van der Waals surface area contributed by atoms with Gasteiger partial charge in [0.25, 0.3) is 0 Å². The average molecular weight is 209 g/mol. The van der Waals surface area contributed by atoms with Crippen molar-refractivity contribution in [3.8, 4) is 0 Å². The first-order valence-corrected chi connectivity index (χ1v) is 5.38. The SMILES string of the molecule is O=C(O)C/C=C1/CC(=O)N2CCCCC12. The van der Waals surface area contributed by atoms with E-state index in [1.54, 1.807) is 6.08 Å². The number of hydrogen-bond donors (Lipinski definition) is 1. The first-order chi connectivity index (χ1) is 7.18. The fourth-order valence-electron chi connectivity index (χ4n) is 2.44. The second kappa shape index (κ2) is 4.04. The Morgan fingerprint density at radius 3 is 3.07 bits per heavy atom. The molecule has 0 aliphatic carbocycles. The van der Waals surface area contributed by atoms with Gasteiger partial charge in [0, 0.05) is 13.0 Å². The van der Waals surface area contributed by atoms with Crippen LogP contribution in [0.1, 0.15) is 32.1 Å². The lowest BCUT2D eigenvalue weighted by molar-refractivity contribution is -0.136. The molecule has 0 aromatic heterocycles. The topological polar surface area (TPSA) is 57.6 Å². The molecule has 4 nitrogen and oxygen atoms in total. The lowest BCUT2D eigenvalue weighted by Gasteiger charge is -2.29. The molecule has 0 aromatic rings. The van der Waals surface area contributed by atoms with Gasteiger partial charge in [-0.2, -0.15) is 0 Å². The standard InChI is InChI=1S/C11H15NO3/c13-10-7-8(4-5-11(14)15)9-3-1-2-6-12(9)10/h4,9H,1-3,5-7H2,(H,14,15)/b8-4-. The van der Waals surface area contributed by atoms with Crippen molar-refractivity contribution < 1.29 is 14.7 Å². The fraction of sp³-hybridized carbons (Fsp3) is 0.636. The Balaban J connectivity index is 2.10. The lowest BCUT2D eigenvalue weighted by atomic mass is 9.98. The third-order valence-electron chi connectivity index (χ3n) is 3.15. The Kier molecular flexibility index (Phi) is 2.75. The number of aliphatic carboxylic acids is 1. The quantitative estimate of drug-likeness (QED) is 0.694. The molecular weight excluding hydrogens is 194 g/mol. The molecule has 1 atom stereocenters. The van der Waals surface area contributed by atoms with Crippen LogP contribution >= 0.6 is 0 Å². The molecule has 1 amide bonds. The molecule has 0 bridgehead atoms. The van der Waals surface area contributed by atoms with E-state index in [4.69, 9.17) is 5.11 Å². The molecule has 1 N–H and O–H groups in total. The van der Waals surface area contributed by atoms with Gasteiger partial charge in [-0.25, -0.2) is 0 Å². The summed E-state index contributed by atoms with van der Waals surface area (Å²) < 4.78 is 0. The summed E-state index contributed by atoms with van der Waals surface area (Å²) in [7, 11) is 0. The highest BCUT2D eigenvalue weighted by molar-refractivity contribution is 5.83. The third-order valence-corrected chi connectivity index (χ3v) is 3.15. The molecule has 2 rings (SSSR count). The maximum absolute atomic E-state index is 11.6. The Bertz CT molecular complexity index is 322. The monoisotopic (exact) mass is 209 g/mol. The summed E-state index contributed by atoms with van der Waals surface area (Å²) >= 11 is 0. The van der Waals surface area contributed by atoms with Crippen LogP contribution in [-0.4, -0.2) is 34.5 Å². The molecule has 4 heteroatoms. The van der Waals surface area contributed by atoms with Gasteiger partial charge in [0.1, 0.15) is 0 Å². The number of carbonyl (C=O) groups is 2. The number of carboxylic acids is 1. The van der Waals surface area contributed by atoms with Gasteiger partial charge in [-0.15, -0.1) is 0 Å². The molecule has 2 heterocycles. The molecule has 0 aromatic carbocycles. The molecule has 2 saturated heterocycles. The summed E-state index contributed by atoms with van der Waals surface area (Å²) in [6.45, 7) is 0.841. The number of carbonyl (C=O) groups excluding carboxylic acids is 1. The van der Waals surface area contributed by atoms with Crippen molar-refractivity contribution in [1.82, 2.24) is 4.90 Å². The van der Waals surface area contributed by atoms with E-state index in [1.165, 1.54) is 0 Å². The van der Waals surface area contributed by atoms with E-state index in [0.29, 0.717) is 6.42 Å².